The molecule has 0 bridgehead atoms. The number of hydrogen-bond donors (Lipinski definition) is 2. The SMILES string of the molecule is Cc1ccc(C[C@@H](N)CCNCCC(C)C)cc1. The van der Waals surface area contributed by atoms with Crippen LogP contribution in [0.4, 0.5) is 0 Å². The molecule has 0 aliphatic rings. The van der Waals surface area contributed by atoms with E-state index in [-0.39, 0.29) is 6.04 Å². The van der Waals surface area contributed by atoms with Crippen molar-refractivity contribution in [2.75, 3.05) is 13.1 Å². The summed E-state index contributed by atoms with van der Waals surface area (Å²) in [7, 11) is 0. The minimum atomic E-state index is 0.263. The summed E-state index contributed by atoms with van der Waals surface area (Å²) in [6, 6.07) is 8.94. The van der Waals surface area contributed by atoms with Crippen molar-refractivity contribution in [3.05, 3.63) is 35.4 Å². The Kier molecular flexibility index (Phi) is 6.99. The minimum absolute atomic E-state index is 0.263. The standard InChI is InChI=1S/C16H28N2/c1-13(2)8-10-18-11-9-16(17)12-15-6-4-14(3)5-7-15/h4-7,13,16,18H,8-12,17H2,1-3H3/t16-/m0/s1. The fourth-order valence-corrected chi connectivity index (χ4v) is 1.93. The van der Waals surface area contributed by atoms with Gasteiger partial charge in [0.05, 0.1) is 0 Å². The Hall–Kier alpha value is -0.860. The van der Waals surface area contributed by atoms with Gasteiger partial charge in [-0.1, -0.05) is 43.7 Å². The quantitative estimate of drug-likeness (QED) is 0.694. The Labute approximate surface area is 112 Å². The zero-order chi connectivity index (χ0) is 13.4. The van der Waals surface area contributed by atoms with Gasteiger partial charge in [0.1, 0.15) is 0 Å². The Morgan fingerprint density at radius 3 is 2.28 bits per heavy atom. The lowest BCUT2D eigenvalue weighted by Crippen LogP contribution is -2.29. The molecule has 1 aromatic carbocycles. The molecule has 2 nitrogen and oxygen atoms in total. The van der Waals surface area contributed by atoms with Gasteiger partial charge >= 0.3 is 0 Å². The van der Waals surface area contributed by atoms with Crippen LogP contribution in [0.25, 0.3) is 0 Å². The highest BCUT2D eigenvalue weighted by molar-refractivity contribution is 5.21. The van der Waals surface area contributed by atoms with E-state index in [1.807, 2.05) is 0 Å². The number of nitrogens with one attached hydrogen (secondary N) is 1. The van der Waals surface area contributed by atoms with Crippen molar-refractivity contribution in [2.45, 2.75) is 46.1 Å². The number of rotatable bonds is 8. The lowest BCUT2D eigenvalue weighted by Gasteiger charge is -2.13. The lowest BCUT2D eigenvalue weighted by atomic mass is 10.0. The largest absolute Gasteiger partial charge is 0.327 e. The van der Waals surface area contributed by atoms with Gasteiger partial charge in [-0.25, -0.2) is 0 Å². The van der Waals surface area contributed by atoms with Crippen molar-refractivity contribution in [1.29, 1.82) is 0 Å². The molecule has 0 aliphatic carbocycles. The molecule has 0 heterocycles. The fourth-order valence-electron chi connectivity index (χ4n) is 1.93. The van der Waals surface area contributed by atoms with Crippen LogP contribution in [0.1, 0.15) is 37.8 Å². The van der Waals surface area contributed by atoms with Crippen LogP contribution in [0.5, 0.6) is 0 Å². The maximum atomic E-state index is 6.15. The molecule has 102 valence electrons. The Balaban J connectivity index is 2.13. The molecule has 1 rings (SSSR count). The van der Waals surface area contributed by atoms with E-state index in [2.05, 4.69) is 50.4 Å². The van der Waals surface area contributed by atoms with Crippen LogP contribution in [0.2, 0.25) is 0 Å². The zero-order valence-electron chi connectivity index (χ0n) is 12.1. The zero-order valence-corrected chi connectivity index (χ0v) is 12.1. The summed E-state index contributed by atoms with van der Waals surface area (Å²) in [6.07, 6.45) is 3.27. The average Bonchev–Trinajstić information content (AvgIpc) is 2.31. The second-order valence-corrected chi connectivity index (χ2v) is 5.67. The second-order valence-electron chi connectivity index (χ2n) is 5.67. The molecule has 0 unspecified atom stereocenters. The second kappa shape index (κ2) is 8.28. The van der Waals surface area contributed by atoms with Crippen LogP contribution in [0.15, 0.2) is 24.3 Å². The van der Waals surface area contributed by atoms with Crippen LogP contribution in [0, 0.1) is 12.8 Å². The van der Waals surface area contributed by atoms with Gasteiger partial charge in [-0.2, -0.15) is 0 Å². The summed E-state index contributed by atoms with van der Waals surface area (Å²) < 4.78 is 0. The molecule has 0 amide bonds. The molecule has 1 aromatic rings. The predicted octanol–water partition coefficient (Wildman–Crippen LogP) is 2.89. The first kappa shape index (κ1) is 15.2. The Morgan fingerprint density at radius 2 is 1.67 bits per heavy atom. The van der Waals surface area contributed by atoms with Gasteiger partial charge in [0.15, 0.2) is 0 Å². The number of nitrogens with two attached hydrogens (primary N) is 1. The normalized spacial score (nSPS) is 12.9. The van der Waals surface area contributed by atoms with Crippen molar-refractivity contribution in [3.8, 4) is 0 Å². The van der Waals surface area contributed by atoms with Crippen LogP contribution < -0.4 is 11.1 Å². The van der Waals surface area contributed by atoms with Gasteiger partial charge in [-0.05, 0) is 50.8 Å². The molecule has 18 heavy (non-hydrogen) atoms. The van der Waals surface area contributed by atoms with Crippen LogP contribution >= 0.6 is 0 Å². The molecule has 0 saturated carbocycles. The highest BCUT2D eigenvalue weighted by Gasteiger charge is 2.03. The van der Waals surface area contributed by atoms with Crippen molar-refractivity contribution >= 4 is 0 Å². The summed E-state index contributed by atoms with van der Waals surface area (Å²) in [6.45, 7) is 8.76. The lowest BCUT2D eigenvalue weighted by molar-refractivity contribution is 0.509. The van der Waals surface area contributed by atoms with Gasteiger partial charge in [-0.3, -0.25) is 0 Å². The van der Waals surface area contributed by atoms with Crippen molar-refractivity contribution in [2.24, 2.45) is 11.7 Å². The van der Waals surface area contributed by atoms with E-state index in [0.717, 1.165) is 31.8 Å². The molecule has 0 radical (unpaired) electrons. The molecular weight excluding hydrogens is 220 g/mol. The molecule has 2 heteroatoms. The minimum Gasteiger partial charge on any atom is -0.327 e. The Morgan fingerprint density at radius 1 is 1.06 bits per heavy atom. The molecule has 0 fully saturated rings. The van der Waals surface area contributed by atoms with Gasteiger partial charge < -0.3 is 11.1 Å². The molecule has 0 saturated heterocycles. The van der Waals surface area contributed by atoms with E-state index in [1.165, 1.54) is 17.5 Å². The fraction of sp³-hybridized carbons (Fsp3) is 0.625. The predicted molar refractivity (Wildman–Crippen MR) is 79.8 cm³/mol. The van der Waals surface area contributed by atoms with Gasteiger partial charge in [0, 0.05) is 6.04 Å². The summed E-state index contributed by atoms with van der Waals surface area (Å²) >= 11 is 0. The third-order valence-electron chi connectivity index (χ3n) is 3.21. The van der Waals surface area contributed by atoms with Gasteiger partial charge in [-0.15, -0.1) is 0 Å². The first-order chi connectivity index (χ1) is 8.58. The van der Waals surface area contributed by atoms with E-state index >= 15 is 0 Å². The van der Waals surface area contributed by atoms with Crippen LogP contribution in [-0.2, 0) is 6.42 Å². The number of aryl methyl sites for hydroxylation is 1. The molecule has 0 aromatic heterocycles. The van der Waals surface area contributed by atoms with Crippen molar-refractivity contribution < 1.29 is 0 Å². The third-order valence-corrected chi connectivity index (χ3v) is 3.21. The molecular formula is C16H28N2. The van der Waals surface area contributed by atoms with Crippen molar-refractivity contribution in [1.82, 2.24) is 5.32 Å². The molecule has 1 atom stereocenters. The highest BCUT2D eigenvalue weighted by atomic mass is 14.9. The molecule has 3 N–H and O–H groups in total. The van der Waals surface area contributed by atoms with Crippen LogP contribution in [-0.4, -0.2) is 19.1 Å². The summed E-state index contributed by atoms with van der Waals surface area (Å²) in [5.41, 5.74) is 8.80. The third kappa shape index (κ3) is 6.77. The highest BCUT2D eigenvalue weighted by Crippen LogP contribution is 2.06. The monoisotopic (exact) mass is 248 g/mol. The first-order valence-corrected chi connectivity index (χ1v) is 7.09. The van der Waals surface area contributed by atoms with Crippen molar-refractivity contribution in [3.63, 3.8) is 0 Å². The van der Waals surface area contributed by atoms with Gasteiger partial charge in [0.25, 0.3) is 0 Å². The topological polar surface area (TPSA) is 38.0 Å². The summed E-state index contributed by atoms with van der Waals surface area (Å²) in [4.78, 5) is 0. The van der Waals surface area contributed by atoms with E-state index < -0.39 is 0 Å². The molecule has 0 spiro atoms. The number of benzene rings is 1. The molecule has 0 aliphatic heterocycles. The Bertz CT molecular complexity index is 316. The first-order valence-electron chi connectivity index (χ1n) is 7.09. The van der Waals surface area contributed by atoms with E-state index in [0.29, 0.717) is 0 Å². The maximum absolute atomic E-state index is 6.15. The van der Waals surface area contributed by atoms with E-state index in [1.54, 1.807) is 0 Å². The average molecular weight is 248 g/mol. The van der Waals surface area contributed by atoms with E-state index in [9.17, 15) is 0 Å². The summed E-state index contributed by atoms with van der Waals surface area (Å²) in [5.74, 6) is 0.777. The number of hydrogen-bond acceptors (Lipinski definition) is 2. The smallest absolute Gasteiger partial charge is 0.00914 e. The summed E-state index contributed by atoms with van der Waals surface area (Å²) in [5, 5.41) is 3.46. The van der Waals surface area contributed by atoms with Crippen LogP contribution in [0.3, 0.4) is 0 Å². The van der Waals surface area contributed by atoms with Gasteiger partial charge in [0.2, 0.25) is 0 Å². The van der Waals surface area contributed by atoms with E-state index in [4.69, 9.17) is 5.73 Å². The maximum Gasteiger partial charge on any atom is 0.00914 e.